The largest absolute Gasteiger partial charge is 0.255 e. The highest BCUT2D eigenvalue weighted by atomic mass is 14.8. The third-order valence-electron chi connectivity index (χ3n) is 8.73. The Bertz CT molecular complexity index is 1820. The van der Waals surface area contributed by atoms with Gasteiger partial charge in [0, 0.05) is 12.4 Å². The molecule has 0 amide bonds. The van der Waals surface area contributed by atoms with Gasteiger partial charge in [-0.15, -0.1) is 0 Å². The van der Waals surface area contributed by atoms with E-state index in [1.54, 1.807) is 0 Å². The second-order valence-electron chi connectivity index (χ2n) is 13.6. The van der Waals surface area contributed by atoms with Crippen LogP contribution in [0.25, 0.3) is 22.3 Å². The number of aliphatic imine (C=N–C) groups is 2. The zero-order valence-electron chi connectivity index (χ0n) is 29.4. The topological polar surface area (TPSA) is 50.5 Å². The predicted molar refractivity (Wildman–Crippen MR) is 201 cm³/mol. The molecule has 2 aromatic heterocycles. The van der Waals surface area contributed by atoms with Gasteiger partial charge in [0.1, 0.15) is 0 Å². The second kappa shape index (κ2) is 14.8. The molecule has 47 heavy (non-hydrogen) atoms. The number of benzene rings is 3. The Kier molecular flexibility index (Phi) is 10.6. The molecule has 240 valence electrons. The van der Waals surface area contributed by atoms with E-state index in [1.807, 2.05) is 61.2 Å². The van der Waals surface area contributed by atoms with Gasteiger partial charge in [0.25, 0.3) is 0 Å². The molecule has 5 rings (SSSR count). The van der Waals surface area contributed by atoms with Gasteiger partial charge in [-0.25, -0.2) is 0 Å². The van der Waals surface area contributed by atoms with Crippen LogP contribution in [-0.2, 0) is 0 Å². The Hall–Kier alpha value is -4.70. The molecule has 4 nitrogen and oxygen atoms in total. The van der Waals surface area contributed by atoms with Gasteiger partial charge in [0.2, 0.25) is 0 Å². The molecule has 0 bridgehead atoms. The van der Waals surface area contributed by atoms with Crippen LogP contribution in [-0.4, -0.2) is 22.4 Å². The zero-order chi connectivity index (χ0) is 33.7. The van der Waals surface area contributed by atoms with Crippen LogP contribution in [0.4, 0.5) is 11.4 Å². The van der Waals surface area contributed by atoms with Crippen molar-refractivity contribution in [1.82, 2.24) is 9.97 Å². The molecular weight excluding hydrogens is 573 g/mol. The van der Waals surface area contributed by atoms with E-state index < -0.39 is 0 Å². The van der Waals surface area contributed by atoms with Crippen molar-refractivity contribution >= 4 is 23.8 Å². The van der Waals surface area contributed by atoms with Crippen LogP contribution in [0.1, 0.15) is 118 Å². The molecule has 3 aromatic carbocycles. The first kappa shape index (κ1) is 33.7. The number of hydrogen-bond donors (Lipinski definition) is 0. The molecule has 5 aromatic rings. The van der Waals surface area contributed by atoms with Crippen LogP contribution >= 0.6 is 0 Å². The number of rotatable bonds is 10. The maximum absolute atomic E-state index is 5.06. The van der Waals surface area contributed by atoms with Gasteiger partial charge < -0.3 is 0 Å². The van der Waals surface area contributed by atoms with Gasteiger partial charge >= 0.3 is 0 Å². The average Bonchev–Trinajstić information content (AvgIpc) is 3.06. The summed E-state index contributed by atoms with van der Waals surface area (Å²) in [6.45, 7) is 20.3. The lowest BCUT2D eigenvalue weighted by Crippen LogP contribution is -2.01. The summed E-state index contributed by atoms with van der Waals surface area (Å²) in [7, 11) is 0. The van der Waals surface area contributed by atoms with E-state index in [9.17, 15) is 0 Å². The average molecular weight is 621 g/mol. The first-order chi connectivity index (χ1) is 22.5. The van der Waals surface area contributed by atoms with Crippen molar-refractivity contribution < 1.29 is 0 Å². The molecule has 0 aliphatic carbocycles. The quantitative estimate of drug-likeness (QED) is 0.146. The normalized spacial score (nSPS) is 12.1. The maximum Gasteiger partial charge on any atom is 0.0812 e. The van der Waals surface area contributed by atoms with Crippen molar-refractivity contribution in [2.24, 2.45) is 9.98 Å². The molecule has 0 unspecified atom stereocenters. The van der Waals surface area contributed by atoms with Crippen LogP contribution in [0.5, 0.6) is 0 Å². The van der Waals surface area contributed by atoms with E-state index >= 15 is 0 Å². The molecule has 0 saturated carbocycles. The fourth-order valence-corrected chi connectivity index (χ4v) is 6.18. The summed E-state index contributed by atoms with van der Waals surface area (Å²) < 4.78 is 0. The Morgan fingerprint density at radius 2 is 0.936 bits per heavy atom. The summed E-state index contributed by atoms with van der Waals surface area (Å²) in [6.07, 6.45) is 7.41. The van der Waals surface area contributed by atoms with Gasteiger partial charge in [-0.05, 0) is 129 Å². The number of hydrogen-bond acceptors (Lipinski definition) is 4. The third kappa shape index (κ3) is 7.65. The molecule has 0 N–H and O–H groups in total. The van der Waals surface area contributed by atoms with Crippen molar-refractivity contribution in [3.63, 3.8) is 0 Å². The lowest BCUT2D eigenvalue weighted by atomic mass is 9.83. The van der Waals surface area contributed by atoms with Crippen molar-refractivity contribution in [1.29, 1.82) is 0 Å². The monoisotopic (exact) mass is 620 g/mol. The first-order valence-electron chi connectivity index (χ1n) is 16.9. The lowest BCUT2D eigenvalue weighted by Gasteiger charge is -2.23. The fraction of sp³-hybridized carbons (Fsp3) is 0.302. The van der Waals surface area contributed by atoms with Gasteiger partial charge in [-0.2, -0.15) is 0 Å². The lowest BCUT2D eigenvalue weighted by molar-refractivity contribution is 0.835. The van der Waals surface area contributed by atoms with Gasteiger partial charge in [0.05, 0.1) is 35.2 Å². The van der Waals surface area contributed by atoms with Gasteiger partial charge in [0.15, 0.2) is 0 Å². The van der Waals surface area contributed by atoms with Crippen LogP contribution in [0, 0.1) is 6.92 Å². The minimum atomic E-state index is 0.298. The van der Waals surface area contributed by atoms with Crippen molar-refractivity contribution in [2.45, 2.75) is 86.0 Å². The van der Waals surface area contributed by atoms with Gasteiger partial charge in [-0.3, -0.25) is 20.0 Å². The maximum atomic E-state index is 5.06. The highest BCUT2D eigenvalue weighted by molar-refractivity contribution is 5.90. The number of aromatic nitrogens is 2. The molecule has 0 atom stereocenters. The van der Waals surface area contributed by atoms with Crippen LogP contribution in [0.2, 0.25) is 0 Å². The number of pyridine rings is 2. The summed E-state index contributed by atoms with van der Waals surface area (Å²) in [5.41, 5.74) is 15.0. The standard InChI is InChI=1S/C43H48N4/c1-27(2)37-21-32(22-38(28(3)4)42(37)46-25-34-16-10-12-19-44-34)36-18-14-15-31(9)41(36)33-23-39(29(5)6)43(40(24-33)30(7)8)47-26-35-17-11-13-20-45-35/h10-30H,1-9H3. The van der Waals surface area contributed by atoms with Crippen molar-refractivity contribution in [2.75, 3.05) is 0 Å². The van der Waals surface area contributed by atoms with Gasteiger partial charge in [-0.1, -0.05) is 85.7 Å². The molecule has 0 radical (unpaired) electrons. The zero-order valence-corrected chi connectivity index (χ0v) is 29.4. The SMILES string of the molecule is Cc1cccc(-c2cc(C(C)C)c(N=Cc3ccccn3)c(C(C)C)c2)c1-c1cc(C(C)C)c(N=Cc2ccccn2)c(C(C)C)c1. The highest BCUT2D eigenvalue weighted by Gasteiger charge is 2.21. The Morgan fingerprint density at radius 3 is 1.32 bits per heavy atom. The predicted octanol–water partition coefficient (Wildman–Crippen LogP) is 12.1. The Labute approximate surface area is 281 Å². The molecule has 0 aliphatic rings. The fourth-order valence-electron chi connectivity index (χ4n) is 6.18. The molecule has 0 spiro atoms. The Morgan fingerprint density at radius 1 is 0.511 bits per heavy atom. The smallest absolute Gasteiger partial charge is 0.0812 e. The molecule has 2 heterocycles. The number of nitrogens with zero attached hydrogens (tertiary/aromatic N) is 4. The van der Waals surface area contributed by atoms with E-state index in [-0.39, 0.29) is 0 Å². The second-order valence-corrected chi connectivity index (χ2v) is 13.6. The van der Waals surface area contributed by atoms with E-state index in [1.165, 1.54) is 50.1 Å². The minimum Gasteiger partial charge on any atom is -0.255 e. The summed E-state index contributed by atoms with van der Waals surface area (Å²) in [5, 5.41) is 0. The molecular formula is C43H48N4. The van der Waals surface area contributed by atoms with Crippen LogP contribution < -0.4 is 0 Å². The summed E-state index contributed by atoms with van der Waals surface area (Å²) in [4.78, 5) is 19.1. The molecule has 0 fully saturated rings. The summed E-state index contributed by atoms with van der Waals surface area (Å²) >= 11 is 0. The number of aryl methyl sites for hydroxylation is 1. The minimum absolute atomic E-state index is 0.298. The molecule has 4 heteroatoms. The van der Waals surface area contributed by atoms with Crippen molar-refractivity contribution in [3.05, 3.63) is 130 Å². The first-order valence-corrected chi connectivity index (χ1v) is 16.9. The van der Waals surface area contributed by atoms with E-state index in [4.69, 9.17) is 9.98 Å². The Balaban J connectivity index is 1.71. The summed E-state index contributed by atoms with van der Waals surface area (Å²) in [6, 6.07) is 28.0. The molecule has 0 saturated heterocycles. The van der Waals surface area contributed by atoms with E-state index in [2.05, 4.69) is 115 Å². The van der Waals surface area contributed by atoms with Crippen molar-refractivity contribution in [3.8, 4) is 22.3 Å². The van der Waals surface area contributed by atoms with E-state index in [0.29, 0.717) is 23.7 Å². The van der Waals surface area contributed by atoms with E-state index in [0.717, 1.165) is 22.8 Å². The summed E-state index contributed by atoms with van der Waals surface area (Å²) in [5.74, 6) is 1.19. The van der Waals surface area contributed by atoms with Crippen LogP contribution in [0.3, 0.4) is 0 Å². The molecule has 0 aliphatic heterocycles. The van der Waals surface area contributed by atoms with Crippen LogP contribution in [0.15, 0.2) is 101 Å². The third-order valence-corrected chi connectivity index (χ3v) is 8.73. The highest BCUT2D eigenvalue weighted by Crippen LogP contribution is 2.45.